The molecule has 0 spiro atoms. The van der Waals surface area contributed by atoms with Gasteiger partial charge in [0.2, 0.25) is 0 Å². The molecule has 5 heteroatoms. The van der Waals surface area contributed by atoms with Crippen molar-refractivity contribution in [1.82, 2.24) is 9.80 Å². The fourth-order valence-corrected chi connectivity index (χ4v) is 2.66. The lowest BCUT2D eigenvalue weighted by molar-refractivity contribution is -0.137. The molecule has 0 bridgehead atoms. The van der Waals surface area contributed by atoms with Crippen LogP contribution in [0.15, 0.2) is 24.3 Å². The number of carbonyl (C=O) groups is 2. The molecule has 1 aromatic carbocycles. The highest BCUT2D eigenvalue weighted by Gasteiger charge is 2.21. The van der Waals surface area contributed by atoms with Crippen molar-refractivity contribution in [3.8, 4) is 0 Å². The Balaban J connectivity index is 1.73. The summed E-state index contributed by atoms with van der Waals surface area (Å²) in [5, 5.41) is 8.61. The van der Waals surface area contributed by atoms with Gasteiger partial charge in [-0.3, -0.25) is 14.5 Å². The molecular weight excluding hydrogens is 280 g/mol. The van der Waals surface area contributed by atoms with Gasteiger partial charge in [0, 0.05) is 38.2 Å². The number of amides is 1. The summed E-state index contributed by atoms with van der Waals surface area (Å²) in [4.78, 5) is 27.1. The lowest BCUT2D eigenvalue weighted by Crippen LogP contribution is -2.48. The maximum absolute atomic E-state index is 12.4. The van der Waals surface area contributed by atoms with Crippen LogP contribution in [0.5, 0.6) is 0 Å². The Morgan fingerprint density at radius 1 is 1.05 bits per heavy atom. The second-order valence-corrected chi connectivity index (χ2v) is 5.85. The van der Waals surface area contributed by atoms with E-state index in [1.165, 1.54) is 0 Å². The lowest BCUT2D eigenvalue weighted by Gasteiger charge is -2.34. The molecule has 2 rings (SSSR count). The summed E-state index contributed by atoms with van der Waals surface area (Å²) >= 11 is 0. The zero-order chi connectivity index (χ0) is 15.9. The first-order chi connectivity index (χ1) is 10.6. The molecule has 1 aliphatic heterocycles. The van der Waals surface area contributed by atoms with Crippen LogP contribution in [-0.4, -0.2) is 59.5 Å². The van der Waals surface area contributed by atoms with Gasteiger partial charge in [-0.25, -0.2) is 0 Å². The Morgan fingerprint density at radius 2 is 1.68 bits per heavy atom. The second kappa shape index (κ2) is 7.94. The molecule has 1 fully saturated rings. The first kappa shape index (κ1) is 16.5. The number of hydrogen-bond acceptors (Lipinski definition) is 3. The van der Waals surface area contributed by atoms with E-state index in [4.69, 9.17) is 5.11 Å². The monoisotopic (exact) mass is 304 g/mol. The number of carboxylic acid groups (broad SMARTS) is 1. The summed E-state index contributed by atoms with van der Waals surface area (Å²) < 4.78 is 0. The van der Waals surface area contributed by atoms with Crippen molar-refractivity contribution in [3.05, 3.63) is 35.4 Å². The van der Waals surface area contributed by atoms with Gasteiger partial charge in [0.05, 0.1) is 0 Å². The molecule has 0 saturated carbocycles. The zero-order valence-corrected chi connectivity index (χ0v) is 13.1. The van der Waals surface area contributed by atoms with Gasteiger partial charge in [0.15, 0.2) is 0 Å². The van der Waals surface area contributed by atoms with E-state index in [0.717, 1.165) is 56.7 Å². The highest BCUT2D eigenvalue weighted by Crippen LogP contribution is 2.11. The Morgan fingerprint density at radius 3 is 2.27 bits per heavy atom. The molecule has 5 nitrogen and oxygen atoms in total. The van der Waals surface area contributed by atoms with Crippen molar-refractivity contribution < 1.29 is 14.7 Å². The Bertz CT molecular complexity index is 505. The van der Waals surface area contributed by atoms with Gasteiger partial charge in [-0.15, -0.1) is 0 Å². The van der Waals surface area contributed by atoms with E-state index in [1.807, 2.05) is 36.1 Å². The largest absolute Gasteiger partial charge is 0.481 e. The Hall–Kier alpha value is -1.88. The number of benzene rings is 1. The molecular formula is C17H24N2O3. The Kier molecular flexibility index (Phi) is 5.95. The van der Waals surface area contributed by atoms with Crippen LogP contribution < -0.4 is 0 Å². The first-order valence-electron chi connectivity index (χ1n) is 7.86. The van der Waals surface area contributed by atoms with Crippen LogP contribution in [0.1, 0.15) is 35.2 Å². The minimum absolute atomic E-state index is 0.102. The molecule has 1 N–H and O–H groups in total. The number of aliphatic carboxylic acids is 1. The predicted molar refractivity (Wildman–Crippen MR) is 85.0 cm³/mol. The Labute approximate surface area is 131 Å². The van der Waals surface area contributed by atoms with Crippen LogP contribution >= 0.6 is 0 Å². The molecule has 0 atom stereocenters. The number of piperazine rings is 1. The number of aryl methyl sites for hydroxylation is 1. The third-order valence-corrected chi connectivity index (χ3v) is 4.07. The number of nitrogens with zero attached hydrogens (tertiary/aromatic N) is 2. The molecule has 0 aromatic heterocycles. The van der Waals surface area contributed by atoms with E-state index in [2.05, 4.69) is 4.90 Å². The number of carbonyl (C=O) groups excluding carboxylic acids is 1. The molecule has 1 saturated heterocycles. The van der Waals surface area contributed by atoms with Crippen molar-refractivity contribution in [2.45, 2.75) is 26.2 Å². The van der Waals surface area contributed by atoms with Crippen LogP contribution in [0, 0.1) is 6.92 Å². The van der Waals surface area contributed by atoms with E-state index in [1.54, 1.807) is 0 Å². The van der Waals surface area contributed by atoms with Gasteiger partial charge in [0.1, 0.15) is 0 Å². The average Bonchev–Trinajstić information content (AvgIpc) is 2.52. The summed E-state index contributed by atoms with van der Waals surface area (Å²) in [7, 11) is 0. The summed E-state index contributed by atoms with van der Waals surface area (Å²) in [5.74, 6) is -0.626. The van der Waals surface area contributed by atoms with E-state index in [-0.39, 0.29) is 12.3 Å². The van der Waals surface area contributed by atoms with Gasteiger partial charge in [0.25, 0.3) is 5.91 Å². The van der Waals surface area contributed by atoms with Gasteiger partial charge in [-0.1, -0.05) is 17.7 Å². The highest BCUT2D eigenvalue weighted by atomic mass is 16.4. The van der Waals surface area contributed by atoms with Crippen molar-refractivity contribution in [2.24, 2.45) is 0 Å². The van der Waals surface area contributed by atoms with Crippen molar-refractivity contribution in [3.63, 3.8) is 0 Å². The lowest BCUT2D eigenvalue weighted by atomic mass is 10.1. The summed E-state index contributed by atoms with van der Waals surface area (Å²) in [6.07, 6.45) is 1.86. The maximum atomic E-state index is 12.4. The second-order valence-electron chi connectivity index (χ2n) is 5.85. The molecule has 0 aliphatic carbocycles. The van der Waals surface area contributed by atoms with Crippen LogP contribution in [-0.2, 0) is 4.79 Å². The smallest absolute Gasteiger partial charge is 0.303 e. The van der Waals surface area contributed by atoms with Gasteiger partial charge < -0.3 is 10.0 Å². The fourth-order valence-electron chi connectivity index (χ4n) is 2.66. The first-order valence-corrected chi connectivity index (χ1v) is 7.86. The molecule has 120 valence electrons. The zero-order valence-electron chi connectivity index (χ0n) is 13.1. The quantitative estimate of drug-likeness (QED) is 0.817. The molecule has 1 amide bonds. The predicted octanol–water partition coefficient (Wildman–Crippen LogP) is 2.01. The number of unbranched alkanes of at least 4 members (excludes halogenated alkanes) is 1. The summed E-state index contributed by atoms with van der Waals surface area (Å²) in [5.41, 5.74) is 1.91. The normalized spacial score (nSPS) is 15.8. The molecule has 0 radical (unpaired) electrons. The van der Waals surface area contributed by atoms with Crippen LogP contribution in [0.4, 0.5) is 0 Å². The molecule has 1 aromatic rings. The topological polar surface area (TPSA) is 60.9 Å². The summed E-state index contributed by atoms with van der Waals surface area (Å²) in [6, 6.07) is 7.70. The highest BCUT2D eigenvalue weighted by molar-refractivity contribution is 5.94. The standard InChI is InChI=1S/C17H24N2O3/c1-14-5-7-15(8-6-14)17(22)19-12-10-18(11-13-19)9-3-2-4-16(20)21/h5-8H,2-4,9-13H2,1H3,(H,20,21). The van der Waals surface area contributed by atoms with E-state index < -0.39 is 5.97 Å². The van der Waals surface area contributed by atoms with Crippen molar-refractivity contribution >= 4 is 11.9 Å². The number of rotatable bonds is 6. The molecule has 1 heterocycles. The van der Waals surface area contributed by atoms with Gasteiger partial charge in [-0.2, -0.15) is 0 Å². The van der Waals surface area contributed by atoms with E-state index >= 15 is 0 Å². The third kappa shape index (κ3) is 4.84. The van der Waals surface area contributed by atoms with Crippen molar-refractivity contribution in [1.29, 1.82) is 0 Å². The maximum Gasteiger partial charge on any atom is 0.303 e. The fraction of sp³-hybridized carbons (Fsp3) is 0.529. The minimum atomic E-state index is -0.728. The average molecular weight is 304 g/mol. The number of hydrogen-bond donors (Lipinski definition) is 1. The van der Waals surface area contributed by atoms with Crippen molar-refractivity contribution in [2.75, 3.05) is 32.7 Å². The van der Waals surface area contributed by atoms with Crippen LogP contribution in [0.25, 0.3) is 0 Å². The molecule has 0 unspecified atom stereocenters. The van der Waals surface area contributed by atoms with Crippen LogP contribution in [0.3, 0.4) is 0 Å². The van der Waals surface area contributed by atoms with Gasteiger partial charge >= 0.3 is 5.97 Å². The third-order valence-electron chi connectivity index (χ3n) is 4.07. The SMILES string of the molecule is Cc1ccc(C(=O)N2CCN(CCCCC(=O)O)CC2)cc1. The van der Waals surface area contributed by atoms with E-state index in [9.17, 15) is 9.59 Å². The number of carboxylic acids is 1. The minimum Gasteiger partial charge on any atom is -0.481 e. The summed E-state index contributed by atoms with van der Waals surface area (Å²) in [6.45, 7) is 6.14. The van der Waals surface area contributed by atoms with E-state index in [0.29, 0.717) is 0 Å². The molecule has 1 aliphatic rings. The molecule has 22 heavy (non-hydrogen) atoms. The van der Waals surface area contributed by atoms with Gasteiger partial charge in [-0.05, 0) is 38.4 Å². The van der Waals surface area contributed by atoms with Crippen LogP contribution in [0.2, 0.25) is 0 Å².